The van der Waals surface area contributed by atoms with E-state index in [1.54, 1.807) is 23.0 Å². The maximum Gasteiger partial charge on any atom is 0.240 e. The molecule has 2 N–H and O–H groups in total. The standard InChI is InChI=1S/C12H19N3OS/c1-2-4-12(5-3-6-15-12)11(16)14-8-10-7-13-9-17-10/h7,9,15H,2-6,8H2,1H3,(H,14,16). The van der Waals surface area contributed by atoms with Crippen LogP contribution >= 0.6 is 11.3 Å². The molecule has 5 heteroatoms. The molecule has 1 amide bonds. The fourth-order valence-electron chi connectivity index (χ4n) is 2.42. The van der Waals surface area contributed by atoms with Crippen molar-refractivity contribution in [2.75, 3.05) is 6.54 Å². The summed E-state index contributed by atoms with van der Waals surface area (Å²) in [6.45, 7) is 3.67. The van der Waals surface area contributed by atoms with Crippen LogP contribution in [0.1, 0.15) is 37.5 Å². The summed E-state index contributed by atoms with van der Waals surface area (Å²) in [5.41, 5.74) is 1.47. The van der Waals surface area contributed by atoms with E-state index in [4.69, 9.17) is 0 Å². The van der Waals surface area contributed by atoms with Crippen LogP contribution in [0.2, 0.25) is 0 Å². The molecule has 1 fully saturated rings. The summed E-state index contributed by atoms with van der Waals surface area (Å²) in [6, 6.07) is 0. The fraction of sp³-hybridized carbons (Fsp3) is 0.667. The first-order valence-corrected chi connectivity index (χ1v) is 7.05. The number of carbonyl (C=O) groups excluding carboxylic acids is 1. The molecule has 94 valence electrons. The van der Waals surface area contributed by atoms with Gasteiger partial charge in [0, 0.05) is 11.1 Å². The van der Waals surface area contributed by atoms with Crippen LogP contribution in [0, 0.1) is 0 Å². The van der Waals surface area contributed by atoms with E-state index >= 15 is 0 Å². The third kappa shape index (κ3) is 2.84. The van der Waals surface area contributed by atoms with Crippen LogP contribution < -0.4 is 10.6 Å². The van der Waals surface area contributed by atoms with Crippen molar-refractivity contribution in [1.29, 1.82) is 0 Å². The monoisotopic (exact) mass is 253 g/mol. The van der Waals surface area contributed by atoms with E-state index in [0.29, 0.717) is 6.54 Å². The van der Waals surface area contributed by atoms with Crippen molar-refractivity contribution >= 4 is 17.2 Å². The Morgan fingerprint density at radius 1 is 1.71 bits per heavy atom. The van der Waals surface area contributed by atoms with E-state index in [9.17, 15) is 4.79 Å². The van der Waals surface area contributed by atoms with Gasteiger partial charge in [0.1, 0.15) is 0 Å². The normalized spacial score (nSPS) is 23.8. The van der Waals surface area contributed by atoms with E-state index in [-0.39, 0.29) is 11.4 Å². The van der Waals surface area contributed by atoms with Crippen LogP contribution in [-0.4, -0.2) is 23.0 Å². The van der Waals surface area contributed by atoms with Crippen LogP contribution in [-0.2, 0) is 11.3 Å². The smallest absolute Gasteiger partial charge is 0.240 e. The van der Waals surface area contributed by atoms with Crippen molar-refractivity contribution in [1.82, 2.24) is 15.6 Å². The minimum atomic E-state index is -0.320. The van der Waals surface area contributed by atoms with Gasteiger partial charge in [-0.3, -0.25) is 9.78 Å². The number of thiazole rings is 1. The highest BCUT2D eigenvalue weighted by molar-refractivity contribution is 7.09. The van der Waals surface area contributed by atoms with Crippen LogP contribution in [0.25, 0.3) is 0 Å². The van der Waals surface area contributed by atoms with E-state index in [0.717, 1.165) is 37.1 Å². The highest BCUT2D eigenvalue weighted by Gasteiger charge is 2.39. The number of aromatic nitrogens is 1. The lowest BCUT2D eigenvalue weighted by molar-refractivity contribution is -0.127. The molecule has 1 aromatic heterocycles. The summed E-state index contributed by atoms with van der Waals surface area (Å²) in [4.78, 5) is 17.4. The summed E-state index contributed by atoms with van der Waals surface area (Å²) >= 11 is 1.57. The number of hydrogen-bond acceptors (Lipinski definition) is 4. The van der Waals surface area contributed by atoms with Gasteiger partial charge in [0.25, 0.3) is 0 Å². The quantitative estimate of drug-likeness (QED) is 0.839. The summed E-state index contributed by atoms with van der Waals surface area (Å²) in [6.07, 6.45) is 5.80. The molecule has 1 saturated heterocycles. The lowest BCUT2D eigenvalue weighted by Gasteiger charge is -2.27. The summed E-state index contributed by atoms with van der Waals surface area (Å²) in [5.74, 6) is 0.144. The summed E-state index contributed by atoms with van der Waals surface area (Å²) < 4.78 is 0. The van der Waals surface area contributed by atoms with Crippen LogP contribution in [0.15, 0.2) is 11.7 Å². The lowest BCUT2D eigenvalue weighted by Crippen LogP contribution is -2.53. The molecule has 0 saturated carbocycles. The Morgan fingerprint density at radius 3 is 3.18 bits per heavy atom. The van der Waals surface area contributed by atoms with Gasteiger partial charge < -0.3 is 10.6 Å². The van der Waals surface area contributed by atoms with Crippen molar-refractivity contribution in [2.45, 2.75) is 44.7 Å². The molecule has 0 spiro atoms. The molecule has 0 aromatic carbocycles. The molecule has 0 bridgehead atoms. The molecule has 1 atom stereocenters. The topological polar surface area (TPSA) is 54.0 Å². The van der Waals surface area contributed by atoms with Gasteiger partial charge in [0.05, 0.1) is 17.6 Å². The number of hydrogen-bond donors (Lipinski definition) is 2. The molecule has 4 nitrogen and oxygen atoms in total. The largest absolute Gasteiger partial charge is 0.350 e. The van der Waals surface area contributed by atoms with Gasteiger partial charge >= 0.3 is 0 Å². The third-order valence-electron chi connectivity index (χ3n) is 3.26. The highest BCUT2D eigenvalue weighted by atomic mass is 32.1. The number of amides is 1. The zero-order valence-electron chi connectivity index (χ0n) is 10.2. The minimum absolute atomic E-state index is 0.144. The second-order valence-corrected chi connectivity index (χ2v) is 5.48. The van der Waals surface area contributed by atoms with Gasteiger partial charge in [-0.25, -0.2) is 0 Å². The van der Waals surface area contributed by atoms with E-state index in [1.165, 1.54) is 0 Å². The summed E-state index contributed by atoms with van der Waals surface area (Å²) in [5, 5.41) is 6.40. The first-order valence-electron chi connectivity index (χ1n) is 6.17. The molecule has 0 radical (unpaired) electrons. The molecule has 1 aliphatic heterocycles. The number of carbonyl (C=O) groups is 1. The van der Waals surface area contributed by atoms with E-state index < -0.39 is 0 Å². The van der Waals surface area contributed by atoms with Crippen LogP contribution in [0.4, 0.5) is 0 Å². The van der Waals surface area contributed by atoms with Gasteiger partial charge in [0.15, 0.2) is 0 Å². The maximum absolute atomic E-state index is 12.3. The minimum Gasteiger partial charge on any atom is -0.350 e. The lowest BCUT2D eigenvalue weighted by atomic mass is 9.91. The first-order chi connectivity index (χ1) is 8.27. The molecule has 0 aliphatic carbocycles. The highest BCUT2D eigenvalue weighted by Crippen LogP contribution is 2.25. The number of nitrogens with one attached hydrogen (secondary N) is 2. The molecule has 1 aliphatic rings. The van der Waals surface area contributed by atoms with E-state index in [2.05, 4.69) is 22.5 Å². The molecule has 2 heterocycles. The Labute approximate surface area is 106 Å². The van der Waals surface area contributed by atoms with Gasteiger partial charge in [-0.15, -0.1) is 11.3 Å². The van der Waals surface area contributed by atoms with Gasteiger partial charge in [-0.2, -0.15) is 0 Å². The SMILES string of the molecule is CCCC1(C(=O)NCc2cncs2)CCCN1. The van der Waals surface area contributed by atoms with Crippen molar-refractivity contribution in [3.8, 4) is 0 Å². The van der Waals surface area contributed by atoms with Crippen molar-refractivity contribution in [3.63, 3.8) is 0 Å². The second-order valence-electron chi connectivity index (χ2n) is 4.51. The van der Waals surface area contributed by atoms with Crippen molar-refractivity contribution < 1.29 is 4.79 Å². The number of rotatable bonds is 5. The number of nitrogens with zero attached hydrogens (tertiary/aromatic N) is 1. The van der Waals surface area contributed by atoms with Gasteiger partial charge in [0.2, 0.25) is 5.91 Å². The average Bonchev–Trinajstić information content (AvgIpc) is 2.97. The zero-order chi connectivity index (χ0) is 12.1. The predicted octanol–water partition coefficient (Wildman–Crippen LogP) is 1.68. The summed E-state index contributed by atoms with van der Waals surface area (Å²) in [7, 11) is 0. The van der Waals surface area contributed by atoms with Crippen LogP contribution in [0.3, 0.4) is 0 Å². The van der Waals surface area contributed by atoms with Crippen molar-refractivity contribution in [3.05, 3.63) is 16.6 Å². The molecule has 2 rings (SSSR count). The Balaban J connectivity index is 1.92. The molecule has 1 aromatic rings. The fourth-order valence-corrected chi connectivity index (χ4v) is 2.95. The van der Waals surface area contributed by atoms with Crippen molar-refractivity contribution in [2.24, 2.45) is 0 Å². The van der Waals surface area contributed by atoms with Crippen LogP contribution in [0.5, 0.6) is 0 Å². The average molecular weight is 253 g/mol. The second kappa shape index (κ2) is 5.60. The molecular formula is C12H19N3OS. The van der Waals surface area contributed by atoms with E-state index in [1.807, 2.05) is 0 Å². The molecule has 17 heavy (non-hydrogen) atoms. The Kier molecular flexibility index (Phi) is 4.12. The third-order valence-corrected chi connectivity index (χ3v) is 4.04. The molecule has 1 unspecified atom stereocenters. The predicted molar refractivity (Wildman–Crippen MR) is 68.8 cm³/mol. The zero-order valence-corrected chi connectivity index (χ0v) is 11.0. The Hall–Kier alpha value is -0.940. The Morgan fingerprint density at radius 2 is 2.59 bits per heavy atom. The Bertz CT molecular complexity index is 358. The first kappa shape index (κ1) is 12.5. The van der Waals surface area contributed by atoms with Gasteiger partial charge in [-0.05, 0) is 25.8 Å². The molecular weight excluding hydrogens is 234 g/mol. The van der Waals surface area contributed by atoms with Gasteiger partial charge in [-0.1, -0.05) is 13.3 Å². The maximum atomic E-state index is 12.3.